The van der Waals surface area contributed by atoms with E-state index >= 15 is 0 Å². The smallest absolute Gasteiger partial charge is 0.137 e. The lowest BCUT2D eigenvalue weighted by molar-refractivity contribution is 0.337. The lowest BCUT2D eigenvalue weighted by atomic mass is 9.80. The van der Waals surface area contributed by atoms with E-state index in [0.717, 1.165) is 5.75 Å². The van der Waals surface area contributed by atoms with Crippen LogP contribution in [0.15, 0.2) is 29.9 Å². The lowest BCUT2D eigenvalue weighted by Gasteiger charge is -2.26. The molecule has 1 heterocycles. The largest absolute Gasteiger partial charge is 0.492 e. The molecule has 1 saturated carbocycles. The normalized spacial score (nSPS) is 24.3. The number of rotatable bonds is 4. The fraction of sp³-hybridized carbons (Fsp3) is 0.533. The van der Waals surface area contributed by atoms with E-state index in [2.05, 4.69) is 17.1 Å². The van der Waals surface area contributed by atoms with Crippen LogP contribution < -0.4 is 4.74 Å². The minimum absolute atomic E-state index is 0.598. The van der Waals surface area contributed by atoms with Gasteiger partial charge in [0.2, 0.25) is 0 Å². The minimum atomic E-state index is 0.598. The second-order valence-corrected chi connectivity index (χ2v) is 5.03. The van der Waals surface area contributed by atoms with Gasteiger partial charge in [0, 0.05) is 17.1 Å². The topological polar surface area (TPSA) is 22.1 Å². The molecular formula is C15H20ClNO. The molecule has 1 aromatic heterocycles. The van der Waals surface area contributed by atoms with Gasteiger partial charge in [0.05, 0.1) is 12.8 Å². The number of hydrogen-bond donors (Lipinski definition) is 0. The number of aromatic nitrogens is 1. The number of ether oxygens (including phenoxy) is 1. The van der Waals surface area contributed by atoms with Crippen molar-refractivity contribution in [2.45, 2.75) is 38.5 Å². The third kappa shape index (κ3) is 3.49. The molecule has 0 atom stereocenters. The summed E-state index contributed by atoms with van der Waals surface area (Å²) in [5.74, 6) is 2.11. The van der Waals surface area contributed by atoms with Crippen LogP contribution in [0.25, 0.3) is 0 Å². The first kappa shape index (κ1) is 13.4. The van der Waals surface area contributed by atoms with Crippen LogP contribution in [0.5, 0.6) is 5.75 Å². The van der Waals surface area contributed by atoms with Gasteiger partial charge in [0.25, 0.3) is 0 Å². The molecule has 0 unspecified atom stereocenters. The minimum Gasteiger partial charge on any atom is -0.492 e. The molecule has 0 radical (unpaired) electrons. The second-order valence-electron chi connectivity index (χ2n) is 4.78. The zero-order valence-corrected chi connectivity index (χ0v) is 11.6. The van der Waals surface area contributed by atoms with E-state index in [1.54, 1.807) is 5.54 Å². The zero-order valence-electron chi connectivity index (χ0n) is 10.8. The van der Waals surface area contributed by atoms with Gasteiger partial charge in [-0.3, -0.25) is 4.98 Å². The quantitative estimate of drug-likeness (QED) is 0.799. The average Bonchev–Trinajstić information content (AvgIpc) is 2.41. The van der Waals surface area contributed by atoms with Gasteiger partial charge in [0.15, 0.2) is 0 Å². The molecule has 1 aliphatic rings. The zero-order chi connectivity index (χ0) is 12.8. The van der Waals surface area contributed by atoms with Crippen molar-refractivity contribution < 1.29 is 4.74 Å². The van der Waals surface area contributed by atoms with Gasteiger partial charge in [-0.1, -0.05) is 17.7 Å². The first-order valence-electron chi connectivity index (χ1n) is 6.69. The molecule has 0 spiro atoms. The van der Waals surface area contributed by atoms with Crippen LogP contribution in [-0.2, 0) is 0 Å². The van der Waals surface area contributed by atoms with Crippen LogP contribution in [0, 0.1) is 5.92 Å². The highest BCUT2D eigenvalue weighted by atomic mass is 35.5. The number of nitrogens with zero attached hydrogens (tertiary/aromatic N) is 1. The van der Waals surface area contributed by atoms with Gasteiger partial charge >= 0.3 is 0 Å². The van der Waals surface area contributed by atoms with Crippen LogP contribution in [0.1, 0.15) is 44.2 Å². The van der Waals surface area contributed by atoms with Crippen molar-refractivity contribution in [3.63, 3.8) is 0 Å². The Labute approximate surface area is 114 Å². The van der Waals surface area contributed by atoms with Crippen LogP contribution in [0.4, 0.5) is 0 Å². The highest BCUT2D eigenvalue weighted by Gasteiger charge is 2.21. The maximum Gasteiger partial charge on any atom is 0.137 e. The molecule has 2 nitrogen and oxygen atoms in total. The summed E-state index contributed by atoms with van der Waals surface area (Å²) in [6.07, 6.45) is 8.78. The molecule has 1 aliphatic carbocycles. The molecule has 0 saturated heterocycles. The average molecular weight is 266 g/mol. The van der Waals surface area contributed by atoms with Crippen molar-refractivity contribution in [3.05, 3.63) is 35.6 Å². The summed E-state index contributed by atoms with van der Waals surface area (Å²) in [6, 6.07) is 4.13. The van der Waals surface area contributed by atoms with Crippen LogP contribution in [0.2, 0.25) is 0 Å². The van der Waals surface area contributed by atoms with Crippen molar-refractivity contribution in [1.82, 2.24) is 4.98 Å². The summed E-state index contributed by atoms with van der Waals surface area (Å²) in [6.45, 7) is 2.68. The van der Waals surface area contributed by atoms with Crippen molar-refractivity contribution in [3.8, 4) is 5.75 Å². The third-order valence-corrected chi connectivity index (χ3v) is 3.75. The van der Waals surface area contributed by atoms with Crippen molar-refractivity contribution >= 4 is 11.6 Å². The molecule has 0 bridgehead atoms. The lowest BCUT2D eigenvalue weighted by Crippen LogP contribution is -2.12. The predicted octanol–water partition coefficient (Wildman–Crippen LogP) is 4.51. The van der Waals surface area contributed by atoms with Gasteiger partial charge < -0.3 is 4.74 Å². The van der Waals surface area contributed by atoms with Crippen molar-refractivity contribution in [1.29, 1.82) is 0 Å². The highest BCUT2D eigenvalue weighted by Crippen LogP contribution is 2.35. The Morgan fingerprint density at radius 3 is 2.67 bits per heavy atom. The Bertz CT molecular complexity index is 380. The molecule has 1 aromatic rings. The second kappa shape index (κ2) is 6.79. The summed E-state index contributed by atoms with van der Waals surface area (Å²) < 4.78 is 5.41. The summed E-state index contributed by atoms with van der Waals surface area (Å²) in [4.78, 5) is 4.52. The molecule has 0 amide bonds. The number of halogens is 1. The molecule has 2 rings (SSSR count). The molecule has 98 valence electrons. The fourth-order valence-electron chi connectivity index (χ4n) is 2.60. The number of pyridine rings is 1. The maximum absolute atomic E-state index is 5.63. The van der Waals surface area contributed by atoms with Crippen LogP contribution in [0.3, 0.4) is 0 Å². The van der Waals surface area contributed by atoms with Crippen LogP contribution in [-0.4, -0.2) is 11.6 Å². The Morgan fingerprint density at radius 2 is 2.11 bits per heavy atom. The van der Waals surface area contributed by atoms with Gasteiger partial charge in [0.1, 0.15) is 5.75 Å². The van der Waals surface area contributed by atoms with E-state index < -0.39 is 0 Å². The highest BCUT2D eigenvalue weighted by molar-refractivity contribution is 6.25. The third-order valence-electron chi connectivity index (χ3n) is 3.61. The van der Waals surface area contributed by atoms with Gasteiger partial charge in [-0.2, -0.15) is 0 Å². The predicted molar refractivity (Wildman–Crippen MR) is 75.1 cm³/mol. The van der Waals surface area contributed by atoms with Crippen LogP contribution >= 0.6 is 11.6 Å². The molecule has 18 heavy (non-hydrogen) atoms. The van der Waals surface area contributed by atoms with E-state index in [4.69, 9.17) is 16.3 Å². The van der Waals surface area contributed by atoms with Gasteiger partial charge in [-0.25, -0.2) is 0 Å². The van der Waals surface area contributed by atoms with E-state index in [9.17, 15) is 0 Å². The Kier molecular flexibility index (Phi) is 5.06. The fourth-order valence-corrected chi connectivity index (χ4v) is 2.80. The summed E-state index contributed by atoms with van der Waals surface area (Å²) in [5.41, 5.74) is 2.85. The van der Waals surface area contributed by atoms with Crippen molar-refractivity contribution in [2.24, 2.45) is 5.92 Å². The van der Waals surface area contributed by atoms with Gasteiger partial charge in [-0.05, 0) is 50.7 Å². The molecule has 0 aromatic carbocycles. The van der Waals surface area contributed by atoms with E-state index in [1.165, 1.54) is 31.4 Å². The molecule has 0 aliphatic heterocycles. The summed E-state index contributed by atoms with van der Waals surface area (Å²) in [5, 5.41) is 0. The number of allylic oxidation sites excluding steroid dienone is 1. The first-order chi connectivity index (χ1) is 8.83. The Morgan fingerprint density at radius 1 is 1.33 bits per heavy atom. The SMILES string of the molecule is CCOc1ccc(C2CCC(C=CCl)CC2)nc1. The van der Waals surface area contributed by atoms with E-state index in [0.29, 0.717) is 18.4 Å². The molecule has 3 heteroatoms. The maximum atomic E-state index is 5.63. The standard InChI is InChI=1S/C15H20ClNO/c1-2-18-14-7-8-15(17-11-14)13-5-3-12(4-6-13)9-10-16/h7-13H,2-6H2,1H3. The summed E-state index contributed by atoms with van der Waals surface area (Å²) in [7, 11) is 0. The summed E-state index contributed by atoms with van der Waals surface area (Å²) >= 11 is 5.63. The number of hydrogen-bond acceptors (Lipinski definition) is 2. The monoisotopic (exact) mass is 265 g/mol. The molecule has 0 N–H and O–H groups in total. The Hall–Kier alpha value is -1.02. The van der Waals surface area contributed by atoms with Gasteiger partial charge in [-0.15, -0.1) is 0 Å². The van der Waals surface area contributed by atoms with Crippen molar-refractivity contribution in [2.75, 3.05) is 6.61 Å². The van der Waals surface area contributed by atoms with E-state index in [1.807, 2.05) is 19.2 Å². The Balaban J connectivity index is 1.92. The first-order valence-corrected chi connectivity index (χ1v) is 7.12. The van der Waals surface area contributed by atoms with E-state index in [-0.39, 0.29) is 0 Å². The molecule has 1 fully saturated rings. The molecular weight excluding hydrogens is 246 g/mol.